The van der Waals surface area contributed by atoms with Crippen LogP contribution in [0.1, 0.15) is 19.3 Å². The molecule has 2 atom stereocenters. The van der Waals surface area contributed by atoms with Crippen LogP contribution in [0, 0.1) is 0 Å². The summed E-state index contributed by atoms with van der Waals surface area (Å²) in [5.41, 5.74) is 0. The van der Waals surface area contributed by atoms with Crippen molar-refractivity contribution in [2.24, 2.45) is 0 Å². The zero-order chi connectivity index (χ0) is 11.3. The van der Waals surface area contributed by atoms with Gasteiger partial charge in [-0.3, -0.25) is 4.21 Å². The van der Waals surface area contributed by atoms with Crippen LogP contribution in [0.2, 0.25) is 0 Å². The molecule has 1 N–H and O–H groups in total. The van der Waals surface area contributed by atoms with Crippen LogP contribution in [0.4, 0.5) is 0 Å². The van der Waals surface area contributed by atoms with Crippen LogP contribution in [-0.4, -0.2) is 49.9 Å². The van der Waals surface area contributed by atoms with Crippen LogP contribution in [0.5, 0.6) is 0 Å². The molecule has 0 aliphatic carbocycles. The Balaban J connectivity index is 2.36. The number of ether oxygens (including phenoxy) is 1. The Labute approximate surface area is 90.6 Å². The first-order valence-electron chi connectivity index (χ1n) is 4.77. The number of carboxylic acid groups (broad SMARTS) is 1. The number of nitrogens with zero attached hydrogens (tertiary/aromatic N) is 1. The molecule has 0 saturated carbocycles. The smallest absolute Gasteiger partial charge is 0.329 e. The average Bonchev–Trinajstić information content (AvgIpc) is 2.17. The van der Waals surface area contributed by atoms with Crippen molar-refractivity contribution in [3.63, 3.8) is 0 Å². The van der Waals surface area contributed by atoms with Gasteiger partial charge < -0.3 is 14.4 Å². The first kappa shape index (κ1) is 12.6. The van der Waals surface area contributed by atoms with Crippen molar-refractivity contribution >= 4 is 17.2 Å². The van der Waals surface area contributed by atoms with E-state index in [1.807, 2.05) is 0 Å². The van der Waals surface area contributed by atoms with Gasteiger partial charge in [0.05, 0.1) is 6.61 Å². The molecule has 0 aromatic carbocycles. The predicted octanol–water partition coefficient (Wildman–Crippen LogP) is -0.264. The number of hydrogen-bond acceptors (Lipinski definition) is 4. The fraction of sp³-hybridized carbons (Fsp3) is 0.875. The first-order chi connectivity index (χ1) is 7.11. The van der Waals surface area contributed by atoms with E-state index in [9.17, 15) is 13.6 Å². The minimum atomic E-state index is -2.24. The van der Waals surface area contributed by atoms with Crippen LogP contribution in [0.3, 0.4) is 0 Å². The van der Waals surface area contributed by atoms with E-state index >= 15 is 0 Å². The van der Waals surface area contributed by atoms with E-state index in [4.69, 9.17) is 9.84 Å². The Morgan fingerprint density at radius 1 is 1.60 bits per heavy atom. The maximum atomic E-state index is 10.8. The van der Waals surface area contributed by atoms with E-state index in [2.05, 4.69) is 0 Å². The summed E-state index contributed by atoms with van der Waals surface area (Å²) in [7, 11) is 0. The molecule has 2 unspecified atom stereocenters. The Morgan fingerprint density at radius 3 is 2.93 bits per heavy atom. The lowest BCUT2D eigenvalue weighted by Gasteiger charge is -2.35. The number of piperidine rings is 1. The lowest BCUT2D eigenvalue weighted by Crippen LogP contribution is -2.43. The van der Waals surface area contributed by atoms with E-state index in [1.54, 1.807) is 0 Å². The first-order valence-corrected chi connectivity index (χ1v) is 5.80. The number of carbonyl (C=O) groups is 1. The summed E-state index contributed by atoms with van der Waals surface area (Å²) in [4.78, 5) is 10.2. The standard InChI is InChI=1S/C8H15NO5S/c10-8(11)6-14-5-7-3-1-2-4-9(7)15(12)13/h7H,1-6H2,(H,10,11)(H,12,13)/p-1. The molecule has 0 amide bonds. The second-order valence-electron chi connectivity index (χ2n) is 3.42. The van der Waals surface area contributed by atoms with E-state index in [0.717, 1.165) is 19.3 Å². The minimum Gasteiger partial charge on any atom is -0.760 e. The normalized spacial score (nSPS) is 25.0. The lowest BCUT2D eigenvalue weighted by molar-refractivity contribution is -0.142. The van der Waals surface area contributed by atoms with Crippen molar-refractivity contribution in [1.82, 2.24) is 4.31 Å². The lowest BCUT2D eigenvalue weighted by atomic mass is 10.1. The molecule has 88 valence electrons. The Bertz CT molecular complexity index is 247. The molecular weight excluding hydrogens is 222 g/mol. The summed E-state index contributed by atoms with van der Waals surface area (Å²) in [5, 5.41) is 8.36. The molecule has 0 radical (unpaired) electrons. The second-order valence-corrected chi connectivity index (χ2v) is 4.32. The van der Waals surface area contributed by atoms with Gasteiger partial charge in [-0.25, -0.2) is 9.10 Å². The van der Waals surface area contributed by atoms with E-state index in [1.165, 1.54) is 4.31 Å². The van der Waals surface area contributed by atoms with Crippen LogP contribution in [-0.2, 0) is 20.8 Å². The maximum absolute atomic E-state index is 10.8. The van der Waals surface area contributed by atoms with Crippen molar-refractivity contribution in [3.05, 3.63) is 0 Å². The zero-order valence-electron chi connectivity index (χ0n) is 8.26. The van der Waals surface area contributed by atoms with Crippen molar-refractivity contribution in [2.75, 3.05) is 19.8 Å². The highest BCUT2D eigenvalue weighted by molar-refractivity contribution is 7.76. The van der Waals surface area contributed by atoms with E-state index in [-0.39, 0.29) is 19.3 Å². The van der Waals surface area contributed by atoms with Crippen LogP contribution in [0.25, 0.3) is 0 Å². The number of aliphatic carboxylic acids is 1. The molecule has 6 nitrogen and oxygen atoms in total. The third-order valence-corrected chi connectivity index (χ3v) is 3.16. The van der Waals surface area contributed by atoms with Crippen molar-refractivity contribution in [1.29, 1.82) is 0 Å². The van der Waals surface area contributed by atoms with Crippen LogP contribution in [0.15, 0.2) is 0 Å². The molecule has 0 spiro atoms. The average molecular weight is 236 g/mol. The van der Waals surface area contributed by atoms with Gasteiger partial charge in [-0.15, -0.1) is 0 Å². The molecule has 0 aromatic rings. The fourth-order valence-corrected chi connectivity index (χ4v) is 2.31. The predicted molar refractivity (Wildman–Crippen MR) is 51.7 cm³/mol. The number of rotatable bonds is 5. The summed E-state index contributed by atoms with van der Waals surface area (Å²) in [6.07, 6.45) is 2.53. The number of hydrogen-bond donors (Lipinski definition) is 1. The van der Waals surface area contributed by atoms with Crippen molar-refractivity contribution < 1.29 is 23.4 Å². The van der Waals surface area contributed by atoms with Gasteiger partial charge >= 0.3 is 5.97 Å². The molecule has 1 saturated heterocycles. The minimum absolute atomic E-state index is 0.153. The van der Waals surface area contributed by atoms with Crippen molar-refractivity contribution in [2.45, 2.75) is 25.3 Å². The van der Waals surface area contributed by atoms with Gasteiger partial charge in [0.1, 0.15) is 6.61 Å². The third-order valence-electron chi connectivity index (χ3n) is 2.30. The molecule has 1 rings (SSSR count). The second kappa shape index (κ2) is 6.16. The molecular formula is C8H14NO5S-. The van der Waals surface area contributed by atoms with Gasteiger partial charge in [0.15, 0.2) is 0 Å². The molecule has 1 aliphatic rings. The van der Waals surface area contributed by atoms with Gasteiger partial charge in [-0.1, -0.05) is 6.42 Å². The van der Waals surface area contributed by atoms with Crippen molar-refractivity contribution in [3.8, 4) is 0 Å². The van der Waals surface area contributed by atoms with Gasteiger partial charge in [-0.2, -0.15) is 0 Å². The topological polar surface area (TPSA) is 89.9 Å². The summed E-state index contributed by atoms with van der Waals surface area (Å²) < 4.78 is 27.9. The monoisotopic (exact) mass is 236 g/mol. The molecule has 1 aliphatic heterocycles. The van der Waals surface area contributed by atoms with Gasteiger partial charge in [0.2, 0.25) is 0 Å². The summed E-state index contributed by atoms with van der Waals surface area (Å²) in [6.45, 7) is 0.271. The quantitative estimate of drug-likeness (QED) is 0.664. The highest BCUT2D eigenvalue weighted by atomic mass is 32.2. The third kappa shape index (κ3) is 4.25. The van der Waals surface area contributed by atoms with E-state index in [0.29, 0.717) is 6.54 Å². The van der Waals surface area contributed by atoms with Gasteiger partial charge in [0.25, 0.3) is 0 Å². The summed E-state index contributed by atoms with van der Waals surface area (Å²) in [5.74, 6) is -1.04. The van der Waals surface area contributed by atoms with E-state index < -0.39 is 17.2 Å². The maximum Gasteiger partial charge on any atom is 0.329 e. The largest absolute Gasteiger partial charge is 0.760 e. The Morgan fingerprint density at radius 2 is 2.33 bits per heavy atom. The zero-order valence-corrected chi connectivity index (χ0v) is 9.07. The fourth-order valence-electron chi connectivity index (χ4n) is 1.62. The molecule has 0 aromatic heterocycles. The molecule has 1 heterocycles. The Kier molecular flexibility index (Phi) is 5.16. The molecule has 0 bridgehead atoms. The highest BCUT2D eigenvalue weighted by Crippen LogP contribution is 2.18. The van der Waals surface area contributed by atoms with Crippen LogP contribution >= 0.6 is 0 Å². The van der Waals surface area contributed by atoms with Gasteiger partial charge in [0, 0.05) is 23.9 Å². The van der Waals surface area contributed by atoms with Crippen LogP contribution < -0.4 is 0 Å². The highest BCUT2D eigenvalue weighted by Gasteiger charge is 2.23. The van der Waals surface area contributed by atoms with Gasteiger partial charge in [-0.05, 0) is 12.8 Å². The Hall–Kier alpha value is -0.500. The summed E-state index contributed by atoms with van der Waals surface area (Å²) >= 11 is -2.24. The molecule has 7 heteroatoms. The molecule has 1 fully saturated rings. The SMILES string of the molecule is O=C(O)COCC1CCCCN1S(=O)[O-]. The molecule has 15 heavy (non-hydrogen) atoms. The number of carboxylic acids is 1. The summed E-state index contributed by atoms with van der Waals surface area (Å²) in [6, 6.07) is -0.212.